The summed E-state index contributed by atoms with van der Waals surface area (Å²) in [6.07, 6.45) is 3.15. The number of nitrogens with two attached hydrogens (primary N) is 1. The number of hydrogen-bond donors (Lipinski definition) is 1. The van der Waals surface area contributed by atoms with Gasteiger partial charge in [0.2, 0.25) is 0 Å². The molecular formula is C13H11ClN2OS. The summed E-state index contributed by atoms with van der Waals surface area (Å²) in [5, 5.41) is 0.531. The van der Waals surface area contributed by atoms with Crippen LogP contribution in [-0.2, 0) is 0 Å². The molecule has 18 heavy (non-hydrogen) atoms. The molecule has 0 amide bonds. The van der Waals surface area contributed by atoms with Gasteiger partial charge >= 0.3 is 0 Å². The molecule has 0 saturated carbocycles. The molecule has 3 nitrogen and oxygen atoms in total. The fraction of sp³-hybridized carbons (Fsp3) is 0.0769. The van der Waals surface area contributed by atoms with Gasteiger partial charge in [-0.25, -0.2) is 0 Å². The van der Waals surface area contributed by atoms with Gasteiger partial charge in [-0.3, -0.25) is 4.98 Å². The Morgan fingerprint density at radius 1 is 1.28 bits per heavy atom. The van der Waals surface area contributed by atoms with E-state index in [1.807, 2.05) is 25.1 Å². The molecule has 1 aromatic carbocycles. The van der Waals surface area contributed by atoms with Crippen LogP contribution in [0.1, 0.15) is 11.1 Å². The molecule has 0 atom stereocenters. The second-order valence-corrected chi connectivity index (χ2v) is 4.66. The monoisotopic (exact) mass is 278 g/mol. The first-order valence-electron chi connectivity index (χ1n) is 5.25. The number of benzene rings is 1. The molecular weight excluding hydrogens is 268 g/mol. The summed E-state index contributed by atoms with van der Waals surface area (Å²) < 4.78 is 5.64. The van der Waals surface area contributed by atoms with Crippen LogP contribution in [0.3, 0.4) is 0 Å². The molecule has 2 aromatic rings. The third-order valence-corrected chi connectivity index (χ3v) is 2.81. The molecule has 1 heterocycles. The SMILES string of the molecule is Cc1cc(Oc2cncc(Cl)c2)ccc1C(N)=S. The summed E-state index contributed by atoms with van der Waals surface area (Å²) in [7, 11) is 0. The minimum absolute atomic E-state index is 0.378. The van der Waals surface area contributed by atoms with Crippen molar-refractivity contribution in [3.63, 3.8) is 0 Å². The minimum atomic E-state index is 0.378. The molecule has 2 N–H and O–H groups in total. The number of nitrogens with zero attached hydrogens (tertiary/aromatic N) is 1. The predicted octanol–water partition coefficient (Wildman–Crippen LogP) is 3.47. The van der Waals surface area contributed by atoms with Gasteiger partial charge < -0.3 is 10.5 Å². The van der Waals surface area contributed by atoms with Gasteiger partial charge in [0.25, 0.3) is 0 Å². The van der Waals surface area contributed by atoms with E-state index in [0.717, 1.165) is 11.1 Å². The van der Waals surface area contributed by atoms with Crippen LogP contribution in [0.2, 0.25) is 5.02 Å². The van der Waals surface area contributed by atoms with E-state index >= 15 is 0 Å². The zero-order valence-electron chi connectivity index (χ0n) is 9.68. The van der Waals surface area contributed by atoms with Crippen LogP contribution in [-0.4, -0.2) is 9.97 Å². The minimum Gasteiger partial charge on any atom is -0.456 e. The fourth-order valence-electron chi connectivity index (χ4n) is 1.56. The third kappa shape index (κ3) is 2.97. The van der Waals surface area contributed by atoms with Gasteiger partial charge in [-0.15, -0.1) is 0 Å². The molecule has 0 aliphatic carbocycles. The highest BCUT2D eigenvalue weighted by atomic mass is 35.5. The van der Waals surface area contributed by atoms with Crippen LogP contribution in [0.4, 0.5) is 0 Å². The molecule has 5 heteroatoms. The number of aryl methyl sites for hydroxylation is 1. The number of pyridine rings is 1. The number of halogens is 1. The fourth-order valence-corrected chi connectivity index (χ4v) is 1.95. The lowest BCUT2D eigenvalue weighted by molar-refractivity contribution is 0.480. The lowest BCUT2D eigenvalue weighted by Gasteiger charge is -2.09. The van der Waals surface area contributed by atoms with Crippen molar-refractivity contribution in [2.75, 3.05) is 0 Å². The lowest BCUT2D eigenvalue weighted by atomic mass is 10.1. The van der Waals surface area contributed by atoms with Crippen molar-refractivity contribution in [1.82, 2.24) is 4.98 Å². The molecule has 0 fully saturated rings. The number of thiocarbonyl (C=S) groups is 1. The van der Waals surface area contributed by atoms with E-state index < -0.39 is 0 Å². The molecule has 0 radical (unpaired) electrons. The van der Waals surface area contributed by atoms with Gasteiger partial charge in [0, 0.05) is 17.8 Å². The van der Waals surface area contributed by atoms with E-state index in [1.165, 1.54) is 0 Å². The Morgan fingerprint density at radius 2 is 2.06 bits per heavy atom. The van der Waals surface area contributed by atoms with Crippen molar-refractivity contribution < 1.29 is 4.74 Å². The number of ether oxygens (including phenoxy) is 1. The largest absolute Gasteiger partial charge is 0.456 e. The summed E-state index contributed by atoms with van der Waals surface area (Å²) >= 11 is 10.8. The summed E-state index contributed by atoms with van der Waals surface area (Å²) in [4.78, 5) is 4.33. The molecule has 92 valence electrons. The van der Waals surface area contributed by atoms with Gasteiger partial charge in [-0.2, -0.15) is 0 Å². The topological polar surface area (TPSA) is 48.1 Å². The van der Waals surface area contributed by atoms with Crippen LogP contribution in [0.25, 0.3) is 0 Å². The van der Waals surface area contributed by atoms with Gasteiger partial charge in [0.1, 0.15) is 16.5 Å². The van der Waals surface area contributed by atoms with E-state index in [9.17, 15) is 0 Å². The van der Waals surface area contributed by atoms with Gasteiger partial charge in [-0.05, 0) is 30.7 Å². The molecule has 0 saturated heterocycles. The first kappa shape index (κ1) is 12.8. The quantitative estimate of drug-likeness (QED) is 0.874. The Morgan fingerprint density at radius 3 is 2.67 bits per heavy atom. The van der Waals surface area contributed by atoms with E-state index in [0.29, 0.717) is 21.5 Å². The number of hydrogen-bond acceptors (Lipinski definition) is 3. The maximum atomic E-state index is 5.83. The summed E-state index contributed by atoms with van der Waals surface area (Å²) in [5.41, 5.74) is 7.42. The Hall–Kier alpha value is -1.65. The normalized spacial score (nSPS) is 10.1. The van der Waals surface area contributed by atoms with E-state index in [4.69, 9.17) is 34.3 Å². The second kappa shape index (κ2) is 5.33. The van der Waals surface area contributed by atoms with Crippen molar-refractivity contribution in [2.45, 2.75) is 6.92 Å². The smallest absolute Gasteiger partial charge is 0.147 e. The highest BCUT2D eigenvalue weighted by molar-refractivity contribution is 7.80. The van der Waals surface area contributed by atoms with Gasteiger partial charge in [-0.1, -0.05) is 23.8 Å². The Balaban J connectivity index is 2.25. The maximum absolute atomic E-state index is 5.83. The number of rotatable bonds is 3. The maximum Gasteiger partial charge on any atom is 0.147 e. The predicted molar refractivity (Wildman–Crippen MR) is 76.4 cm³/mol. The summed E-state index contributed by atoms with van der Waals surface area (Å²) in [5.74, 6) is 1.28. The lowest BCUT2D eigenvalue weighted by Crippen LogP contribution is -2.10. The average Bonchev–Trinajstić information content (AvgIpc) is 2.28. The van der Waals surface area contributed by atoms with Crippen molar-refractivity contribution in [1.29, 1.82) is 0 Å². The first-order valence-corrected chi connectivity index (χ1v) is 6.04. The van der Waals surface area contributed by atoms with Crippen LogP contribution >= 0.6 is 23.8 Å². The molecule has 0 aliphatic rings. The van der Waals surface area contributed by atoms with Gasteiger partial charge in [0.05, 0.1) is 11.2 Å². The van der Waals surface area contributed by atoms with E-state index in [1.54, 1.807) is 18.5 Å². The molecule has 0 unspecified atom stereocenters. The molecule has 2 rings (SSSR count). The molecule has 0 bridgehead atoms. The molecule has 0 spiro atoms. The standard InChI is InChI=1S/C13H11ClN2OS/c1-8-4-10(2-3-12(8)13(15)18)17-11-5-9(14)6-16-7-11/h2-7H,1H3,(H2,15,18). The van der Waals surface area contributed by atoms with Gasteiger partial charge in [0.15, 0.2) is 0 Å². The van der Waals surface area contributed by atoms with E-state index in [-0.39, 0.29) is 0 Å². The third-order valence-electron chi connectivity index (χ3n) is 2.38. The van der Waals surface area contributed by atoms with Crippen LogP contribution in [0.15, 0.2) is 36.7 Å². The highest BCUT2D eigenvalue weighted by Crippen LogP contribution is 2.25. The molecule has 0 aliphatic heterocycles. The Bertz CT molecular complexity index is 601. The molecule has 1 aromatic heterocycles. The second-order valence-electron chi connectivity index (χ2n) is 3.78. The zero-order valence-corrected chi connectivity index (χ0v) is 11.3. The van der Waals surface area contributed by atoms with Crippen molar-refractivity contribution in [3.8, 4) is 11.5 Å². The Labute approximate surface area is 116 Å². The average molecular weight is 279 g/mol. The summed E-state index contributed by atoms with van der Waals surface area (Å²) in [6.45, 7) is 1.93. The van der Waals surface area contributed by atoms with Crippen LogP contribution in [0.5, 0.6) is 11.5 Å². The highest BCUT2D eigenvalue weighted by Gasteiger charge is 2.04. The number of aromatic nitrogens is 1. The van der Waals surface area contributed by atoms with Crippen LogP contribution in [0, 0.1) is 6.92 Å². The van der Waals surface area contributed by atoms with Crippen LogP contribution < -0.4 is 10.5 Å². The summed E-state index contributed by atoms with van der Waals surface area (Å²) in [6, 6.07) is 7.22. The zero-order chi connectivity index (χ0) is 13.1. The Kier molecular flexibility index (Phi) is 3.79. The van der Waals surface area contributed by atoms with Crippen molar-refractivity contribution in [3.05, 3.63) is 52.8 Å². The van der Waals surface area contributed by atoms with Crippen molar-refractivity contribution >= 4 is 28.8 Å². The van der Waals surface area contributed by atoms with Crippen molar-refractivity contribution in [2.24, 2.45) is 5.73 Å². The van der Waals surface area contributed by atoms with E-state index in [2.05, 4.69) is 4.98 Å². The first-order chi connectivity index (χ1) is 8.56.